The van der Waals surface area contributed by atoms with Crippen LogP contribution < -0.4 is 10.0 Å². The van der Waals surface area contributed by atoms with E-state index in [0.29, 0.717) is 18.2 Å². The van der Waals surface area contributed by atoms with Crippen LogP contribution in [-0.4, -0.2) is 24.9 Å². The van der Waals surface area contributed by atoms with Gasteiger partial charge in [0.25, 0.3) is 10.0 Å². The van der Waals surface area contributed by atoms with Gasteiger partial charge in [0.2, 0.25) is 0 Å². The molecule has 0 bridgehead atoms. The number of anilines is 2. The molecule has 0 amide bonds. The first-order chi connectivity index (χ1) is 9.92. The molecule has 6 nitrogen and oxygen atoms in total. The van der Waals surface area contributed by atoms with Gasteiger partial charge in [0.15, 0.2) is 0 Å². The van der Waals surface area contributed by atoms with E-state index in [2.05, 4.69) is 35.9 Å². The van der Waals surface area contributed by atoms with Gasteiger partial charge in [0.05, 0.1) is 4.90 Å². The van der Waals surface area contributed by atoms with Crippen molar-refractivity contribution < 1.29 is 8.42 Å². The van der Waals surface area contributed by atoms with Crippen LogP contribution in [0.2, 0.25) is 0 Å². The molecule has 2 aromatic heterocycles. The number of nitrogens with one attached hydrogen (secondary N) is 2. The van der Waals surface area contributed by atoms with Crippen molar-refractivity contribution in [2.24, 2.45) is 0 Å². The summed E-state index contributed by atoms with van der Waals surface area (Å²) in [6.45, 7) is 4.36. The fourth-order valence-corrected chi connectivity index (χ4v) is 3.23. The Labute approximate surface area is 132 Å². The number of aryl methyl sites for hydroxylation is 1. The smallest absolute Gasteiger partial charge is 0.263 e. The zero-order valence-electron chi connectivity index (χ0n) is 11.6. The Morgan fingerprint density at radius 2 is 2.05 bits per heavy atom. The van der Waals surface area contributed by atoms with Gasteiger partial charge in [-0.2, -0.15) is 0 Å². The molecular weight excluding hydrogens is 356 g/mol. The van der Waals surface area contributed by atoms with Crippen LogP contribution in [0.15, 0.2) is 40.0 Å². The monoisotopic (exact) mass is 370 g/mol. The van der Waals surface area contributed by atoms with Gasteiger partial charge in [-0.1, -0.05) is 0 Å². The molecule has 0 aliphatic heterocycles. The molecule has 8 heteroatoms. The molecular formula is C13H15BrN4O2S. The van der Waals surface area contributed by atoms with Gasteiger partial charge in [0.1, 0.15) is 11.6 Å². The summed E-state index contributed by atoms with van der Waals surface area (Å²) in [5.41, 5.74) is 0.730. The van der Waals surface area contributed by atoms with Gasteiger partial charge in [-0.05, 0) is 47.5 Å². The highest BCUT2D eigenvalue weighted by molar-refractivity contribution is 9.10. The SMILES string of the molecule is CCNc1cc(S(=O)(=O)Nc2ncc(Br)cc2C)ccn1. The van der Waals surface area contributed by atoms with Crippen LogP contribution in [0.4, 0.5) is 11.6 Å². The summed E-state index contributed by atoms with van der Waals surface area (Å²) >= 11 is 3.29. The van der Waals surface area contributed by atoms with Crippen molar-refractivity contribution in [3.63, 3.8) is 0 Å². The van der Waals surface area contributed by atoms with Gasteiger partial charge in [-0.25, -0.2) is 18.4 Å². The van der Waals surface area contributed by atoms with Crippen LogP contribution in [0.1, 0.15) is 12.5 Å². The van der Waals surface area contributed by atoms with Crippen molar-refractivity contribution in [3.8, 4) is 0 Å². The zero-order chi connectivity index (χ0) is 15.5. The Bertz CT molecular complexity index is 750. The third kappa shape index (κ3) is 3.92. The summed E-state index contributed by atoms with van der Waals surface area (Å²) in [7, 11) is -3.70. The molecule has 2 heterocycles. The van der Waals surface area contributed by atoms with Gasteiger partial charge in [-0.3, -0.25) is 4.72 Å². The van der Waals surface area contributed by atoms with E-state index in [4.69, 9.17) is 0 Å². The van der Waals surface area contributed by atoms with Crippen molar-refractivity contribution in [3.05, 3.63) is 40.6 Å². The first-order valence-electron chi connectivity index (χ1n) is 6.27. The molecule has 0 fully saturated rings. The third-order valence-corrected chi connectivity index (χ3v) is 4.45. The zero-order valence-corrected chi connectivity index (χ0v) is 14.0. The van der Waals surface area contributed by atoms with Gasteiger partial charge >= 0.3 is 0 Å². The number of sulfonamides is 1. The maximum atomic E-state index is 12.4. The van der Waals surface area contributed by atoms with Crippen LogP contribution in [0.5, 0.6) is 0 Å². The van der Waals surface area contributed by atoms with E-state index in [9.17, 15) is 8.42 Å². The molecule has 0 saturated carbocycles. The Balaban J connectivity index is 2.31. The standard InChI is InChI=1S/C13H15BrN4O2S/c1-3-15-12-7-11(4-5-16-12)21(19,20)18-13-9(2)6-10(14)8-17-13/h4-8H,3H2,1-2H3,(H,15,16)(H,17,18). The third-order valence-electron chi connectivity index (χ3n) is 2.68. The molecule has 112 valence electrons. The maximum absolute atomic E-state index is 12.4. The minimum absolute atomic E-state index is 0.137. The Kier molecular flexibility index (Phi) is 4.79. The highest BCUT2D eigenvalue weighted by Gasteiger charge is 2.17. The second-order valence-electron chi connectivity index (χ2n) is 4.33. The summed E-state index contributed by atoms with van der Waals surface area (Å²) in [5, 5.41) is 2.98. The molecule has 0 aliphatic carbocycles. The summed E-state index contributed by atoms with van der Waals surface area (Å²) in [6.07, 6.45) is 3.00. The molecule has 0 atom stereocenters. The molecule has 0 radical (unpaired) electrons. The van der Waals surface area contributed by atoms with E-state index in [1.165, 1.54) is 18.3 Å². The first-order valence-corrected chi connectivity index (χ1v) is 8.55. The van der Waals surface area contributed by atoms with E-state index < -0.39 is 10.0 Å². The van der Waals surface area contributed by atoms with Crippen LogP contribution in [-0.2, 0) is 10.0 Å². The van der Waals surface area contributed by atoms with Crippen LogP contribution >= 0.6 is 15.9 Å². The number of pyridine rings is 2. The number of aromatic nitrogens is 2. The van der Waals surface area contributed by atoms with E-state index in [1.54, 1.807) is 19.2 Å². The Morgan fingerprint density at radius 3 is 2.71 bits per heavy atom. The predicted octanol–water partition coefficient (Wildman–Crippen LogP) is 2.78. The number of halogens is 1. The van der Waals surface area contributed by atoms with E-state index in [-0.39, 0.29) is 4.90 Å². The maximum Gasteiger partial charge on any atom is 0.263 e. The number of hydrogen-bond acceptors (Lipinski definition) is 5. The van der Waals surface area contributed by atoms with Crippen molar-refractivity contribution in [1.82, 2.24) is 9.97 Å². The van der Waals surface area contributed by atoms with Gasteiger partial charge in [-0.15, -0.1) is 0 Å². The van der Waals surface area contributed by atoms with E-state index >= 15 is 0 Å². The minimum atomic E-state index is -3.70. The van der Waals surface area contributed by atoms with Gasteiger partial charge < -0.3 is 5.32 Å². The lowest BCUT2D eigenvalue weighted by Crippen LogP contribution is -2.15. The molecule has 0 spiro atoms. The van der Waals surface area contributed by atoms with Crippen LogP contribution in [0.25, 0.3) is 0 Å². The number of nitrogens with zero attached hydrogens (tertiary/aromatic N) is 2. The molecule has 0 saturated heterocycles. The lowest BCUT2D eigenvalue weighted by molar-refractivity contribution is 0.601. The molecule has 21 heavy (non-hydrogen) atoms. The molecule has 2 rings (SSSR count). The average Bonchev–Trinajstić information content (AvgIpc) is 2.43. The number of hydrogen-bond donors (Lipinski definition) is 2. The highest BCUT2D eigenvalue weighted by atomic mass is 79.9. The first kappa shape index (κ1) is 15.7. The second kappa shape index (κ2) is 6.40. The largest absolute Gasteiger partial charge is 0.370 e. The molecule has 0 aliphatic rings. The molecule has 2 N–H and O–H groups in total. The summed E-state index contributed by atoms with van der Waals surface area (Å²) < 4.78 is 28.0. The topological polar surface area (TPSA) is 84.0 Å². The summed E-state index contributed by atoms with van der Waals surface area (Å²) in [4.78, 5) is 8.27. The van der Waals surface area contributed by atoms with Crippen molar-refractivity contribution in [2.75, 3.05) is 16.6 Å². The van der Waals surface area contributed by atoms with E-state index in [0.717, 1.165) is 10.0 Å². The highest BCUT2D eigenvalue weighted by Crippen LogP contribution is 2.21. The van der Waals surface area contributed by atoms with Crippen molar-refractivity contribution in [2.45, 2.75) is 18.7 Å². The van der Waals surface area contributed by atoms with Crippen molar-refractivity contribution >= 4 is 37.6 Å². The fraction of sp³-hybridized carbons (Fsp3) is 0.231. The summed E-state index contributed by atoms with van der Waals surface area (Å²) in [6, 6.07) is 4.72. The van der Waals surface area contributed by atoms with Crippen LogP contribution in [0, 0.1) is 6.92 Å². The Hall–Kier alpha value is -1.67. The van der Waals surface area contributed by atoms with Crippen LogP contribution in [0.3, 0.4) is 0 Å². The minimum Gasteiger partial charge on any atom is -0.370 e. The quantitative estimate of drug-likeness (QED) is 0.845. The Morgan fingerprint density at radius 1 is 1.29 bits per heavy atom. The fourth-order valence-electron chi connectivity index (χ4n) is 1.69. The lowest BCUT2D eigenvalue weighted by Gasteiger charge is -2.10. The molecule has 2 aromatic rings. The van der Waals surface area contributed by atoms with Gasteiger partial charge in [0, 0.05) is 29.5 Å². The van der Waals surface area contributed by atoms with E-state index in [1.807, 2.05) is 6.92 Å². The number of rotatable bonds is 5. The van der Waals surface area contributed by atoms with Crippen molar-refractivity contribution in [1.29, 1.82) is 0 Å². The normalized spacial score (nSPS) is 11.2. The second-order valence-corrected chi connectivity index (χ2v) is 6.93. The summed E-state index contributed by atoms with van der Waals surface area (Å²) in [5.74, 6) is 0.820. The molecule has 0 unspecified atom stereocenters. The molecule has 0 aromatic carbocycles. The lowest BCUT2D eigenvalue weighted by atomic mass is 10.3. The predicted molar refractivity (Wildman–Crippen MR) is 85.9 cm³/mol. The average molecular weight is 371 g/mol.